The molecule has 1 amide bonds. The second kappa shape index (κ2) is 5.66. The summed E-state index contributed by atoms with van der Waals surface area (Å²) < 4.78 is 5.05. The van der Waals surface area contributed by atoms with Crippen LogP contribution in [0.5, 0.6) is 0 Å². The molecule has 0 radical (unpaired) electrons. The number of carbonyl (C=O) groups excluding carboxylic acids is 1. The molecule has 0 saturated carbocycles. The Morgan fingerprint density at radius 2 is 2.32 bits per heavy atom. The Morgan fingerprint density at radius 3 is 2.95 bits per heavy atom. The number of nitro groups is 1. The first-order chi connectivity index (χ1) is 9.11. The van der Waals surface area contributed by atoms with Crippen LogP contribution in [0.25, 0.3) is 0 Å². The van der Waals surface area contributed by atoms with Crippen LogP contribution < -0.4 is 5.32 Å². The third kappa shape index (κ3) is 3.00. The first-order valence-corrected chi connectivity index (χ1v) is 5.92. The lowest BCUT2D eigenvalue weighted by Gasteiger charge is -2.27. The van der Waals surface area contributed by atoms with Gasteiger partial charge in [0.1, 0.15) is 6.61 Å². The van der Waals surface area contributed by atoms with E-state index in [9.17, 15) is 14.9 Å². The van der Waals surface area contributed by atoms with Crippen LogP contribution in [0.1, 0.15) is 5.56 Å². The summed E-state index contributed by atoms with van der Waals surface area (Å²) in [4.78, 5) is 23.7. The summed E-state index contributed by atoms with van der Waals surface area (Å²) in [6, 6.07) is 4.59. The lowest BCUT2D eigenvalue weighted by Crippen LogP contribution is -2.41. The minimum atomic E-state index is -0.440. The standard InChI is InChI=1S/C12H15N3O4/c1-13-11-3-2-10(15(17)18)6-9(11)7-14-4-5-19-8-12(14)16/h2-3,6,13H,4-5,7-8H2,1H3. The SMILES string of the molecule is CNc1ccc([N+](=O)[O-])cc1CN1CCOCC1=O. The van der Waals surface area contributed by atoms with Gasteiger partial charge in [-0.3, -0.25) is 14.9 Å². The topological polar surface area (TPSA) is 84.7 Å². The van der Waals surface area contributed by atoms with Crippen LogP contribution in [0.15, 0.2) is 18.2 Å². The van der Waals surface area contributed by atoms with Crippen molar-refractivity contribution in [3.05, 3.63) is 33.9 Å². The molecule has 1 aromatic rings. The summed E-state index contributed by atoms with van der Waals surface area (Å²) in [5, 5.41) is 13.8. The minimum absolute atomic E-state index is 0.0229. The van der Waals surface area contributed by atoms with Gasteiger partial charge in [0.25, 0.3) is 5.69 Å². The van der Waals surface area contributed by atoms with Gasteiger partial charge in [0.2, 0.25) is 5.91 Å². The largest absolute Gasteiger partial charge is 0.388 e. The van der Waals surface area contributed by atoms with E-state index in [2.05, 4.69) is 5.32 Å². The van der Waals surface area contributed by atoms with E-state index in [0.717, 1.165) is 11.3 Å². The fourth-order valence-corrected chi connectivity index (χ4v) is 1.99. The van der Waals surface area contributed by atoms with Gasteiger partial charge in [-0.25, -0.2) is 0 Å². The van der Waals surface area contributed by atoms with Crippen LogP contribution in [-0.2, 0) is 16.1 Å². The van der Waals surface area contributed by atoms with Crippen molar-refractivity contribution >= 4 is 17.3 Å². The van der Waals surface area contributed by atoms with Crippen LogP contribution in [0.4, 0.5) is 11.4 Å². The van der Waals surface area contributed by atoms with Crippen LogP contribution in [0.3, 0.4) is 0 Å². The van der Waals surface area contributed by atoms with Gasteiger partial charge in [0.05, 0.1) is 11.5 Å². The normalized spacial score (nSPS) is 15.4. The molecule has 1 aliphatic heterocycles. The number of anilines is 1. The summed E-state index contributed by atoms with van der Waals surface area (Å²) in [6.45, 7) is 1.42. The fourth-order valence-electron chi connectivity index (χ4n) is 1.99. The number of nitrogens with zero attached hydrogens (tertiary/aromatic N) is 2. The number of rotatable bonds is 4. The van der Waals surface area contributed by atoms with E-state index in [-0.39, 0.29) is 18.2 Å². The lowest BCUT2D eigenvalue weighted by atomic mass is 10.1. The predicted octanol–water partition coefficient (Wildman–Crippen LogP) is 0.995. The highest BCUT2D eigenvalue weighted by atomic mass is 16.6. The average molecular weight is 265 g/mol. The molecule has 0 bridgehead atoms. The summed E-state index contributed by atoms with van der Waals surface area (Å²) in [5.74, 6) is -0.0974. The van der Waals surface area contributed by atoms with Gasteiger partial charge in [-0.15, -0.1) is 0 Å². The van der Waals surface area contributed by atoms with Crippen molar-refractivity contribution in [3.63, 3.8) is 0 Å². The third-order valence-electron chi connectivity index (χ3n) is 3.01. The van der Waals surface area contributed by atoms with Crippen LogP contribution in [-0.4, -0.2) is 42.5 Å². The Morgan fingerprint density at radius 1 is 1.53 bits per heavy atom. The molecule has 0 spiro atoms. The Bertz CT molecular complexity index is 504. The Kier molecular flexibility index (Phi) is 3.96. The first kappa shape index (κ1) is 13.3. The Labute approximate surface area is 110 Å². The predicted molar refractivity (Wildman–Crippen MR) is 68.9 cm³/mol. The maximum Gasteiger partial charge on any atom is 0.269 e. The lowest BCUT2D eigenvalue weighted by molar-refractivity contribution is -0.384. The molecular weight excluding hydrogens is 250 g/mol. The minimum Gasteiger partial charge on any atom is -0.388 e. The number of hydrogen-bond acceptors (Lipinski definition) is 5. The maximum atomic E-state index is 11.7. The number of amides is 1. The molecule has 19 heavy (non-hydrogen) atoms. The van der Waals surface area contributed by atoms with Crippen LogP contribution in [0.2, 0.25) is 0 Å². The molecule has 7 heteroatoms. The zero-order chi connectivity index (χ0) is 13.8. The second-order valence-electron chi connectivity index (χ2n) is 4.22. The first-order valence-electron chi connectivity index (χ1n) is 5.92. The number of morpholine rings is 1. The molecular formula is C12H15N3O4. The highest BCUT2D eigenvalue weighted by Gasteiger charge is 2.20. The van der Waals surface area contributed by atoms with Crippen molar-refractivity contribution in [2.75, 3.05) is 32.1 Å². The van der Waals surface area contributed by atoms with E-state index in [4.69, 9.17) is 4.74 Å². The van der Waals surface area contributed by atoms with Gasteiger partial charge in [-0.2, -0.15) is 0 Å². The number of non-ortho nitro benzene ring substituents is 1. The summed E-state index contributed by atoms with van der Waals surface area (Å²) in [7, 11) is 1.74. The highest BCUT2D eigenvalue weighted by molar-refractivity contribution is 5.78. The molecule has 102 valence electrons. The van der Waals surface area contributed by atoms with Gasteiger partial charge in [0.15, 0.2) is 0 Å². The molecule has 0 atom stereocenters. The molecule has 1 aromatic carbocycles. The molecule has 0 unspecified atom stereocenters. The molecule has 2 rings (SSSR count). The Hall–Kier alpha value is -2.15. The van der Waals surface area contributed by atoms with Gasteiger partial charge in [-0.05, 0) is 6.07 Å². The van der Waals surface area contributed by atoms with E-state index >= 15 is 0 Å². The fraction of sp³-hybridized carbons (Fsp3) is 0.417. The third-order valence-corrected chi connectivity index (χ3v) is 3.01. The smallest absolute Gasteiger partial charge is 0.269 e. The van der Waals surface area contributed by atoms with E-state index in [1.807, 2.05) is 0 Å². The van der Waals surface area contributed by atoms with Crippen molar-refractivity contribution in [2.24, 2.45) is 0 Å². The van der Waals surface area contributed by atoms with Crippen molar-refractivity contribution in [1.82, 2.24) is 4.90 Å². The number of hydrogen-bond donors (Lipinski definition) is 1. The molecule has 1 saturated heterocycles. The van der Waals surface area contributed by atoms with Crippen molar-refractivity contribution in [1.29, 1.82) is 0 Å². The van der Waals surface area contributed by atoms with Gasteiger partial charge in [0, 0.05) is 43.5 Å². The van der Waals surface area contributed by atoms with Crippen molar-refractivity contribution in [2.45, 2.75) is 6.54 Å². The number of carbonyl (C=O) groups is 1. The zero-order valence-electron chi connectivity index (χ0n) is 10.6. The Balaban J connectivity index is 2.23. The van der Waals surface area contributed by atoms with Crippen molar-refractivity contribution in [3.8, 4) is 0 Å². The number of ether oxygens (including phenoxy) is 1. The monoisotopic (exact) mass is 265 g/mol. The summed E-state index contributed by atoms with van der Waals surface area (Å²) >= 11 is 0. The zero-order valence-corrected chi connectivity index (χ0v) is 10.6. The number of benzene rings is 1. The highest BCUT2D eigenvalue weighted by Crippen LogP contribution is 2.23. The summed E-state index contributed by atoms with van der Waals surface area (Å²) in [5.41, 5.74) is 1.53. The molecule has 7 nitrogen and oxygen atoms in total. The molecule has 1 N–H and O–H groups in total. The summed E-state index contributed by atoms with van der Waals surface area (Å²) in [6.07, 6.45) is 0. The average Bonchev–Trinajstić information content (AvgIpc) is 2.41. The number of nitro benzene ring substituents is 1. The van der Waals surface area contributed by atoms with Crippen LogP contribution >= 0.6 is 0 Å². The molecule has 1 heterocycles. The van der Waals surface area contributed by atoms with Gasteiger partial charge >= 0.3 is 0 Å². The van der Waals surface area contributed by atoms with E-state index in [1.165, 1.54) is 12.1 Å². The van der Waals surface area contributed by atoms with E-state index < -0.39 is 4.92 Å². The molecule has 0 aliphatic carbocycles. The molecule has 1 fully saturated rings. The number of nitrogens with one attached hydrogen (secondary N) is 1. The maximum absolute atomic E-state index is 11.7. The van der Waals surface area contributed by atoms with Crippen molar-refractivity contribution < 1.29 is 14.5 Å². The molecule has 0 aromatic heterocycles. The second-order valence-corrected chi connectivity index (χ2v) is 4.22. The van der Waals surface area contributed by atoms with Crippen LogP contribution in [0, 0.1) is 10.1 Å². The van der Waals surface area contributed by atoms with Gasteiger partial charge in [-0.1, -0.05) is 0 Å². The van der Waals surface area contributed by atoms with Gasteiger partial charge < -0.3 is 15.0 Å². The quantitative estimate of drug-likeness (QED) is 0.648. The van der Waals surface area contributed by atoms with E-state index in [1.54, 1.807) is 18.0 Å². The molecule has 1 aliphatic rings. The van der Waals surface area contributed by atoms with E-state index in [0.29, 0.717) is 19.7 Å².